The minimum absolute atomic E-state index is 1.33. The van der Waals surface area contributed by atoms with E-state index in [1.807, 2.05) is 30.3 Å². The zero-order valence-corrected chi connectivity index (χ0v) is 20.3. The van der Waals surface area contributed by atoms with Crippen LogP contribution in [0.3, 0.4) is 0 Å². The summed E-state index contributed by atoms with van der Waals surface area (Å²) in [6.45, 7) is 0. The van der Waals surface area contributed by atoms with Crippen LogP contribution in [0.15, 0.2) is 146 Å². The Labute approximate surface area is 204 Å². The molecule has 152 valence electrons. The van der Waals surface area contributed by atoms with E-state index in [0.29, 0.717) is 0 Å². The van der Waals surface area contributed by atoms with Crippen molar-refractivity contribution in [2.75, 3.05) is 0 Å². The van der Waals surface area contributed by atoms with Gasteiger partial charge in [0.1, 0.15) is 0 Å². The van der Waals surface area contributed by atoms with Gasteiger partial charge in [-0.2, -0.15) is 18.2 Å². The molecular formula is C31H24Zr. The topological polar surface area (TPSA) is 0 Å². The third kappa shape index (κ3) is 5.75. The molecule has 6 aromatic carbocycles. The molecule has 0 aliphatic heterocycles. The number of hydrogen-bond donors (Lipinski definition) is 0. The van der Waals surface area contributed by atoms with E-state index >= 15 is 0 Å². The van der Waals surface area contributed by atoms with Crippen molar-refractivity contribution in [1.29, 1.82) is 0 Å². The van der Waals surface area contributed by atoms with Crippen molar-refractivity contribution in [2.24, 2.45) is 0 Å². The van der Waals surface area contributed by atoms with Crippen molar-refractivity contribution in [3.63, 3.8) is 0 Å². The first-order valence-corrected chi connectivity index (χ1v) is 11.9. The molecule has 0 aromatic heterocycles. The maximum atomic E-state index is 2.24. The van der Waals surface area contributed by atoms with E-state index in [-0.39, 0.29) is 0 Å². The molecule has 0 atom stereocenters. The standard InChI is InChI=1S/C13H9.C13H10.C5H5.Zr/c1-3-7-12-10(5-1)9-11-6-2-4-8-13(11)12;1-3-7-12(8-4-1)11-13-9-5-2-6-10-13;1-2-4-5-3-1;/h1-9H;1-10H;1-5H;/q-1;;-1;+2. The van der Waals surface area contributed by atoms with Crippen LogP contribution in [0.4, 0.5) is 0 Å². The molecule has 0 saturated heterocycles. The predicted molar refractivity (Wildman–Crippen MR) is 135 cm³/mol. The van der Waals surface area contributed by atoms with E-state index in [1.165, 1.54) is 60.1 Å². The van der Waals surface area contributed by atoms with Gasteiger partial charge in [-0.3, -0.25) is 0 Å². The average Bonchev–Trinajstić information content (AvgIpc) is 3.57. The largest absolute Gasteiger partial charge is 0.214 e. The molecule has 1 heteroatoms. The summed E-state index contributed by atoms with van der Waals surface area (Å²) in [6.07, 6.45) is 0. The molecule has 0 N–H and O–H groups in total. The average molecular weight is 488 g/mol. The second-order valence-electron chi connectivity index (χ2n) is 7.39. The second kappa shape index (κ2) is 11.5. The van der Waals surface area contributed by atoms with Gasteiger partial charge in [0.05, 0.1) is 0 Å². The third-order valence-electron chi connectivity index (χ3n) is 5.20. The van der Waals surface area contributed by atoms with Gasteiger partial charge in [0, 0.05) is 0 Å². The Hall–Kier alpha value is -3.15. The molecular weight excluding hydrogens is 464 g/mol. The first kappa shape index (κ1) is 22.1. The number of rotatable bonds is 2. The van der Waals surface area contributed by atoms with E-state index in [1.54, 1.807) is 0 Å². The van der Waals surface area contributed by atoms with Crippen LogP contribution in [-0.4, -0.2) is 3.21 Å². The van der Waals surface area contributed by atoms with Crippen LogP contribution in [0.1, 0.15) is 11.1 Å². The van der Waals surface area contributed by atoms with Crippen LogP contribution < -0.4 is 0 Å². The fourth-order valence-electron chi connectivity index (χ4n) is 3.60. The van der Waals surface area contributed by atoms with Crippen LogP contribution in [0.2, 0.25) is 0 Å². The van der Waals surface area contributed by atoms with Gasteiger partial charge in [0.25, 0.3) is 0 Å². The minimum Gasteiger partial charge on any atom is -0.214 e. The van der Waals surface area contributed by atoms with Gasteiger partial charge < -0.3 is 0 Å². The summed E-state index contributed by atoms with van der Waals surface area (Å²) in [5.74, 6) is 0. The van der Waals surface area contributed by atoms with E-state index in [4.69, 9.17) is 0 Å². The Morgan fingerprint density at radius 1 is 0.469 bits per heavy atom. The van der Waals surface area contributed by atoms with E-state index < -0.39 is 0 Å². The maximum Gasteiger partial charge on any atom is -0.0771 e. The van der Waals surface area contributed by atoms with Crippen LogP contribution >= 0.6 is 0 Å². The summed E-state index contributed by atoms with van der Waals surface area (Å²) >= 11 is 1.46. The normalized spacial score (nSPS) is 10.1. The monoisotopic (exact) mass is 486 g/mol. The second-order valence-corrected chi connectivity index (χ2v) is 8.62. The van der Waals surface area contributed by atoms with Crippen LogP contribution in [0.5, 0.6) is 0 Å². The Balaban J connectivity index is 0.000000127. The Kier molecular flexibility index (Phi) is 7.90. The molecule has 0 unspecified atom stereocenters. The summed E-state index contributed by atoms with van der Waals surface area (Å²) in [6, 6.07) is 50.4. The fraction of sp³-hybridized carbons (Fsp3) is 0. The van der Waals surface area contributed by atoms with Crippen molar-refractivity contribution >= 4 is 24.8 Å². The van der Waals surface area contributed by atoms with E-state index in [0.717, 1.165) is 0 Å². The molecule has 0 spiro atoms. The van der Waals surface area contributed by atoms with Crippen molar-refractivity contribution < 1.29 is 24.2 Å². The summed E-state index contributed by atoms with van der Waals surface area (Å²) in [4.78, 5) is 0. The van der Waals surface area contributed by atoms with Gasteiger partial charge in [-0.05, 0) is 0 Å². The Morgan fingerprint density at radius 3 is 1.28 bits per heavy atom. The number of benzene rings is 4. The molecule has 0 bridgehead atoms. The van der Waals surface area contributed by atoms with Crippen molar-refractivity contribution in [3.8, 4) is 0 Å². The third-order valence-corrected chi connectivity index (χ3v) is 6.62. The van der Waals surface area contributed by atoms with E-state index in [2.05, 4.69) is 115 Å². The van der Waals surface area contributed by atoms with Crippen LogP contribution in [-0.2, 0) is 24.2 Å². The molecule has 0 heterocycles. The molecule has 0 aliphatic carbocycles. The van der Waals surface area contributed by atoms with Crippen molar-refractivity contribution in [1.82, 2.24) is 0 Å². The predicted octanol–water partition coefficient (Wildman–Crippen LogP) is 7.92. The summed E-state index contributed by atoms with van der Waals surface area (Å²) in [5.41, 5.74) is 2.66. The molecule has 32 heavy (non-hydrogen) atoms. The van der Waals surface area contributed by atoms with Gasteiger partial charge in [0.2, 0.25) is 0 Å². The van der Waals surface area contributed by atoms with Crippen molar-refractivity contribution in [2.45, 2.75) is 0 Å². The fourth-order valence-corrected chi connectivity index (χ4v) is 4.42. The molecule has 0 aliphatic rings. The molecule has 0 nitrogen and oxygen atoms in total. The first-order valence-electron chi connectivity index (χ1n) is 10.7. The number of fused-ring (bicyclic) bond motifs is 3. The smallest absolute Gasteiger partial charge is 0.0771 e. The first-order chi connectivity index (χ1) is 15.8. The molecule has 0 amide bonds. The zero-order valence-electron chi connectivity index (χ0n) is 17.9. The molecule has 0 fully saturated rings. The van der Waals surface area contributed by atoms with Gasteiger partial charge in [-0.25, -0.2) is 12.1 Å². The maximum absolute atomic E-state index is 2.24. The van der Waals surface area contributed by atoms with Crippen molar-refractivity contribution in [3.05, 3.63) is 157 Å². The summed E-state index contributed by atoms with van der Waals surface area (Å²) in [5, 5.41) is 5.39. The van der Waals surface area contributed by atoms with Gasteiger partial charge >= 0.3 is 99.2 Å². The molecule has 6 rings (SSSR count). The minimum atomic E-state index is 1.33. The summed E-state index contributed by atoms with van der Waals surface area (Å²) in [7, 11) is 0. The number of hydrogen-bond acceptors (Lipinski definition) is 0. The summed E-state index contributed by atoms with van der Waals surface area (Å²) < 4.78 is 1.42. The Bertz CT molecular complexity index is 1250. The molecule has 0 saturated carbocycles. The quantitative estimate of drug-likeness (QED) is 0.218. The van der Waals surface area contributed by atoms with Crippen LogP contribution in [0.25, 0.3) is 21.5 Å². The van der Waals surface area contributed by atoms with Gasteiger partial charge in [0.15, 0.2) is 0 Å². The van der Waals surface area contributed by atoms with Gasteiger partial charge in [-0.1, -0.05) is 36.4 Å². The van der Waals surface area contributed by atoms with E-state index in [9.17, 15) is 0 Å². The van der Waals surface area contributed by atoms with Gasteiger partial charge in [-0.15, -0.1) is 39.7 Å². The SMILES string of the molecule is [Zr+2]=[C](c1ccccc1)c1ccccc1.c1cc[cH-]c1.c1ccc2c(c1)[cH-]c1ccccc12. The Morgan fingerprint density at radius 2 is 0.875 bits per heavy atom. The zero-order chi connectivity index (χ0) is 22.0. The molecule has 0 radical (unpaired) electrons. The van der Waals surface area contributed by atoms with Crippen LogP contribution in [0, 0.1) is 0 Å². The molecule has 6 aromatic rings.